The molecule has 0 aliphatic carbocycles. The molecule has 0 spiro atoms. The van der Waals surface area contributed by atoms with E-state index in [2.05, 4.69) is 54.1 Å². The number of H-pyrrole nitrogens is 1. The van der Waals surface area contributed by atoms with E-state index in [0.717, 1.165) is 35.8 Å². The smallest absolute Gasteiger partial charge is 0.143 e. The van der Waals surface area contributed by atoms with Gasteiger partial charge in [0.05, 0.1) is 5.39 Å². The van der Waals surface area contributed by atoms with Crippen LogP contribution in [-0.4, -0.2) is 41.1 Å². The van der Waals surface area contributed by atoms with Gasteiger partial charge in [-0.15, -0.1) is 0 Å². The Bertz CT molecular complexity index is 618. The normalized spacial score (nSPS) is 22.9. The highest BCUT2D eigenvalue weighted by atomic mass is 15.2. The largest absolute Gasteiger partial charge is 0.354 e. The first kappa shape index (κ1) is 14.3. The molecule has 1 aliphatic heterocycles. The molecule has 2 atom stereocenters. The Kier molecular flexibility index (Phi) is 3.85. The van der Waals surface area contributed by atoms with Gasteiger partial charge in [-0.1, -0.05) is 20.8 Å². The van der Waals surface area contributed by atoms with Gasteiger partial charge in [-0.3, -0.25) is 0 Å². The van der Waals surface area contributed by atoms with E-state index in [-0.39, 0.29) is 0 Å². The van der Waals surface area contributed by atoms with E-state index in [4.69, 9.17) is 4.98 Å². The van der Waals surface area contributed by atoms with Gasteiger partial charge in [-0.2, -0.15) is 0 Å². The summed E-state index contributed by atoms with van der Waals surface area (Å²) in [5.74, 6) is 2.95. The number of piperidine rings is 1. The predicted octanol–water partition coefficient (Wildman–Crippen LogP) is 2.52. The van der Waals surface area contributed by atoms with Crippen molar-refractivity contribution >= 4 is 16.9 Å². The minimum Gasteiger partial charge on any atom is -0.354 e. The first-order valence-corrected chi connectivity index (χ1v) is 7.86. The van der Waals surface area contributed by atoms with Crippen LogP contribution < -0.4 is 10.2 Å². The maximum absolute atomic E-state index is 4.85. The van der Waals surface area contributed by atoms with Crippen LogP contribution in [-0.2, 0) is 0 Å². The lowest BCUT2D eigenvalue weighted by Gasteiger charge is -2.37. The van der Waals surface area contributed by atoms with Gasteiger partial charge in [0.25, 0.3) is 0 Å². The second-order valence-corrected chi connectivity index (χ2v) is 6.45. The Morgan fingerprint density at radius 2 is 2.14 bits per heavy atom. The lowest BCUT2D eigenvalue weighted by atomic mass is 9.93. The molecule has 0 amide bonds. The molecule has 0 aromatic carbocycles. The van der Waals surface area contributed by atoms with Crippen LogP contribution in [0.15, 0.2) is 12.3 Å². The van der Waals surface area contributed by atoms with E-state index in [9.17, 15) is 0 Å². The number of aromatic nitrogens is 3. The molecular formula is C16H25N5. The van der Waals surface area contributed by atoms with Gasteiger partial charge in [0, 0.05) is 31.7 Å². The monoisotopic (exact) mass is 287 g/mol. The Hall–Kier alpha value is -1.62. The summed E-state index contributed by atoms with van der Waals surface area (Å²) >= 11 is 0. The summed E-state index contributed by atoms with van der Waals surface area (Å²) in [6.45, 7) is 8.74. The van der Waals surface area contributed by atoms with Crippen LogP contribution in [0, 0.1) is 5.92 Å². The van der Waals surface area contributed by atoms with Crippen molar-refractivity contribution in [2.75, 3.05) is 25.0 Å². The molecule has 2 aromatic rings. The van der Waals surface area contributed by atoms with E-state index in [1.54, 1.807) is 0 Å². The third-order valence-corrected chi connectivity index (χ3v) is 4.55. The summed E-state index contributed by atoms with van der Waals surface area (Å²) in [4.78, 5) is 15.0. The summed E-state index contributed by atoms with van der Waals surface area (Å²) < 4.78 is 0. The van der Waals surface area contributed by atoms with Crippen molar-refractivity contribution in [2.45, 2.75) is 39.2 Å². The molecule has 0 unspecified atom stereocenters. The first-order valence-electron chi connectivity index (χ1n) is 7.86. The van der Waals surface area contributed by atoms with Gasteiger partial charge < -0.3 is 15.2 Å². The van der Waals surface area contributed by atoms with Gasteiger partial charge in [-0.05, 0) is 24.9 Å². The van der Waals surface area contributed by atoms with Crippen molar-refractivity contribution in [3.05, 3.63) is 18.1 Å². The molecule has 2 aromatic heterocycles. The molecule has 21 heavy (non-hydrogen) atoms. The van der Waals surface area contributed by atoms with Crippen molar-refractivity contribution in [1.82, 2.24) is 20.3 Å². The summed E-state index contributed by atoms with van der Waals surface area (Å²) in [7, 11) is 2.16. The van der Waals surface area contributed by atoms with Crippen molar-refractivity contribution in [3.63, 3.8) is 0 Å². The quantitative estimate of drug-likeness (QED) is 0.911. The number of anilines is 1. The van der Waals surface area contributed by atoms with E-state index in [1.165, 1.54) is 6.42 Å². The molecule has 3 rings (SSSR count). The predicted molar refractivity (Wildman–Crippen MR) is 86.8 cm³/mol. The Balaban J connectivity index is 2.03. The van der Waals surface area contributed by atoms with Gasteiger partial charge in [0.1, 0.15) is 17.3 Å². The van der Waals surface area contributed by atoms with Crippen LogP contribution in [0.1, 0.15) is 38.9 Å². The zero-order valence-corrected chi connectivity index (χ0v) is 13.3. The third-order valence-electron chi connectivity index (χ3n) is 4.55. The molecule has 1 fully saturated rings. The zero-order valence-electron chi connectivity index (χ0n) is 13.3. The Labute approximate surface area is 126 Å². The van der Waals surface area contributed by atoms with E-state index in [1.807, 2.05) is 6.20 Å². The number of hydrogen-bond donors (Lipinski definition) is 2. The van der Waals surface area contributed by atoms with E-state index >= 15 is 0 Å². The maximum Gasteiger partial charge on any atom is 0.143 e. The first-order chi connectivity index (χ1) is 10.1. The van der Waals surface area contributed by atoms with E-state index in [0.29, 0.717) is 17.9 Å². The highest BCUT2D eigenvalue weighted by Crippen LogP contribution is 2.28. The highest BCUT2D eigenvalue weighted by Gasteiger charge is 2.27. The number of nitrogens with zero attached hydrogens (tertiary/aromatic N) is 3. The molecule has 1 saturated heterocycles. The number of likely N-dealkylation sites (N-methyl/N-ethyl adjacent to an activating group) is 1. The van der Waals surface area contributed by atoms with E-state index < -0.39 is 0 Å². The average molecular weight is 287 g/mol. The highest BCUT2D eigenvalue weighted by molar-refractivity contribution is 5.87. The fraction of sp³-hybridized carbons (Fsp3) is 0.625. The number of nitrogens with one attached hydrogen (secondary N) is 2. The minimum atomic E-state index is 0.326. The second kappa shape index (κ2) is 5.64. The van der Waals surface area contributed by atoms with Crippen molar-refractivity contribution in [2.24, 2.45) is 5.92 Å². The summed E-state index contributed by atoms with van der Waals surface area (Å²) in [5, 5.41) is 4.61. The standard InChI is InChI=1S/C16H25N5/c1-10(2)14-19-15-12(6-8-18-15)16(20-14)21(4)13-9-17-7-5-11(13)3/h6,8,10-11,13,17H,5,7,9H2,1-4H3,(H,18,19,20)/t11-,13+/m1/s1. The van der Waals surface area contributed by atoms with Crippen LogP contribution >= 0.6 is 0 Å². The summed E-state index contributed by atoms with van der Waals surface area (Å²) in [6.07, 6.45) is 3.16. The second-order valence-electron chi connectivity index (χ2n) is 6.45. The summed E-state index contributed by atoms with van der Waals surface area (Å²) in [6, 6.07) is 2.55. The third kappa shape index (κ3) is 2.62. The van der Waals surface area contributed by atoms with Gasteiger partial charge in [-0.25, -0.2) is 9.97 Å². The van der Waals surface area contributed by atoms with Crippen molar-refractivity contribution in [3.8, 4) is 0 Å². The molecular weight excluding hydrogens is 262 g/mol. The molecule has 114 valence electrons. The number of rotatable bonds is 3. The van der Waals surface area contributed by atoms with Crippen LogP contribution in [0.25, 0.3) is 11.0 Å². The van der Waals surface area contributed by atoms with Crippen LogP contribution in [0.5, 0.6) is 0 Å². The summed E-state index contributed by atoms with van der Waals surface area (Å²) in [5.41, 5.74) is 0.937. The molecule has 5 nitrogen and oxygen atoms in total. The zero-order chi connectivity index (χ0) is 15.0. The molecule has 0 bridgehead atoms. The lowest BCUT2D eigenvalue weighted by molar-refractivity contribution is 0.337. The fourth-order valence-electron chi connectivity index (χ4n) is 3.12. The Morgan fingerprint density at radius 1 is 1.33 bits per heavy atom. The van der Waals surface area contributed by atoms with Gasteiger partial charge in [0.15, 0.2) is 0 Å². The molecule has 0 saturated carbocycles. The number of hydrogen-bond acceptors (Lipinski definition) is 4. The molecule has 2 N–H and O–H groups in total. The van der Waals surface area contributed by atoms with Crippen LogP contribution in [0.4, 0.5) is 5.82 Å². The maximum atomic E-state index is 4.85. The minimum absolute atomic E-state index is 0.326. The van der Waals surface area contributed by atoms with Crippen LogP contribution in [0.3, 0.4) is 0 Å². The molecule has 3 heterocycles. The molecule has 1 aliphatic rings. The SMILES string of the molecule is CC(C)c1nc(N(C)[C@H]2CNCC[C@H]2C)c2cc[nH]c2n1. The average Bonchev–Trinajstić information content (AvgIpc) is 2.94. The Morgan fingerprint density at radius 3 is 2.86 bits per heavy atom. The van der Waals surface area contributed by atoms with Gasteiger partial charge in [0.2, 0.25) is 0 Å². The van der Waals surface area contributed by atoms with Crippen molar-refractivity contribution in [1.29, 1.82) is 0 Å². The topological polar surface area (TPSA) is 56.8 Å². The molecule has 0 radical (unpaired) electrons. The fourth-order valence-corrected chi connectivity index (χ4v) is 3.12. The number of aromatic amines is 1. The number of fused-ring (bicyclic) bond motifs is 1. The molecule has 5 heteroatoms. The van der Waals surface area contributed by atoms with Crippen molar-refractivity contribution < 1.29 is 0 Å². The van der Waals surface area contributed by atoms with Crippen LogP contribution in [0.2, 0.25) is 0 Å². The lowest BCUT2D eigenvalue weighted by Crippen LogP contribution is -2.49. The van der Waals surface area contributed by atoms with Gasteiger partial charge >= 0.3 is 0 Å².